The quantitative estimate of drug-likeness (QED) is 0.790. The van der Waals surface area contributed by atoms with Crippen LogP contribution < -0.4 is 10.6 Å². The van der Waals surface area contributed by atoms with Gasteiger partial charge < -0.3 is 15.5 Å². The summed E-state index contributed by atoms with van der Waals surface area (Å²) in [7, 11) is 4.18. The minimum Gasteiger partial charge on any atom is -0.350 e. The zero-order valence-electron chi connectivity index (χ0n) is 16.2. The number of rotatable bonds is 7. The van der Waals surface area contributed by atoms with Crippen LogP contribution >= 0.6 is 0 Å². The molecule has 1 atom stereocenters. The van der Waals surface area contributed by atoms with Crippen LogP contribution in [-0.2, 0) is 4.79 Å². The SMILES string of the molecule is CN(C)C(CNCC(=O)NC12CC3CC(CC(C3)C1)C2)c1ccccc1. The second-order valence-corrected chi connectivity index (χ2v) is 9.27. The molecule has 4 fully saturated rings. The molecule has 0 spiro atoms. The molecule has 0 radical (unpaired) electrons. The Morgan fingerprint density at radius 2 is 1.65 bits per heavy atom. The molecule has 4 nitrogen and oxygen atoms in total. The van der Waals surface area contributed by atoms with Gasteiger partial charge in [-0.2, -0.15) is 0 Å². The number of benzene rings is 1. The predicted molar refractivity (Wildman–Crippen MR) is 105 cm³/mol. The standard InChI is InChI=1S/C22H33N3O/c1-25(2)20(19-6-4-3-5-7-19)14-23-15-21(26)24-22-11-16-8-17(12-22)10-18(9-16)13-22/h3-7,16-18,20,23H,8-15H2,1-2H3,(H,24,26). The van der Waals surface area contributed by atoms with Gasteiger partial charge in [0.1, 0.15) is 0 Å². The van der Waals surface area contributed by atoms with E-state index in [0.29, 0.717) is 6.54 Å². The van der Waals surface area contributed by atoms with Gasteiger partial charge >= 0.3 is 0 Å². The van der Waals surface area contributed by atoms with E-state index in [-0.39, 0.29) is 17.5 Å². The van der Waals surface area contributed by atoms with E-state index >= 15 is 0 Å². The molecule has 0 heterocycles. The first-order valence-corrected chi connectivity index (χ1v) is 10.3. The van der Waals surface area contributed by atoms with Crippen LogP contribution in [0.1, 0.15) is 50.1 Å². The number of nitrogens with one attached hydrogen (secondary N) is 2. The molecule has 4 aliphatic rings. The lowest BCUT2D eigenvalue weighted by Gasteiger charge is -2.56. The molecule has 4 bridgehead atoms. The number of carbonyl (C=O) groups is 1. The third-order valence-electron chi connectivity index (χ3n) is 6.87. The summed E-state index contributed by atoms with van der Waals surface area (Å²) < 4.78 is 0. The van der Waals surface area contributed by atoms with Gasteiger partial charge in [-0.1, -0.05) is 30.3 Å². The first-order chi connectivity index (χ1) is 12.5. The van der Waals surface area contributed by atoms with Crippen LogP contribution in [-0.4, -0.2) is 43.5 Å². The summed E-state index contributed by atoms with van der Waals surface area (Å²) in [5.74, 6) is 2.78. The van der Waals surface area contributed by atoms with Crippen LogP contribution in [0.2, 0.25) is 0 Å². The summed E-state index contributed by atoms with van der Waals surface area (Å²) in [5.41, 5.74) is 1.40. The van der Waals surface area contributed by atoms with Crippen molar-refractivity contribution in [3.63, 3.8) is 0 Å². The van der Waals surface area contributed by atoms with E-state index in [1.54, 1.807) is 0 Å². The van der Waals surface area contributed by atoms with E-state index in [4.69, 9.17) is 0 Å². The maximum Gasteiger partial charge on any atom is 0.234 e. The normalized spacial score (nSPS) is 33.4. The van der Waals surface area contributed by atoms with Gasteiger partial charge in [-0.15, -0.1) is 0 Å². The Bertz CT molecular complexity index is 592. The van der Waals surface area contributed by atoms with Crippen molar-refractivity contribution < 1.29 is 4.79 Å². The molecule has 0 aromatic heterocycles. The third-order valence-corrected chi connectivity index (χ3v) is 6.87. The minimum atomic E-state index is 0.119. The van der Waals surface area contributed by atoms with Gasteiger partial charge in [0.15, 0.2) is 0 Å². The van der Waals surface area contributed by atoms with Crippen molar-refractivity contribution in [3.05, 3.63) is 35.9 Å². The molecule has 26 heavy (non-hydrogen) atoms. The van der Waals surface area contributed by atoms with Gasteiger partial charge in [-0.25, -0.2) is 0 Å². The maximum absolute atomic E-state index is 12.6. The second-order valence-electron chi connectivity index (χ2n) is 9.27. The molecule has 1 amide bonds. The van der Waals surface area contributed by atoms with E-state index in [9.17, 15) is 4.79 Å². The molecule has 0 aliphatic heterocycles. The van der Waals surface area contributed by atoms with E-state index in [0.717, 1.165) is 24.3 Å². The van der Waals surface area contributed by atoms with Gasteiger partial charge in [0, 0.05) is 18.1 Å². The second kappa shape index (κ2) is 7.32. The Balaban J connectivity index is 1.29. The van der Waals surface area contributed by atoms with Gasteiger partial charge in [0.05, 0.1) is 6.54 Å². The monoisotopic (exact) mass is 355 g/mol. The highest BCUT2D eigenvalue weighted by Gasteiger charge is 2.51. The lowest BCUT2D eigenvalue weighted by molar-refractivity contribution is -0.126. The highest BCUT2D eigenvalue weighted by molar-refractivity contribution is 5.79. The average molecular weight is 356 g/mol. The summed E-state index contributed by atoms with van der Waals surface area (Å²) >= 11 is 0. The molecule has 1 aromatic rings. The Kier molecular flexibility index (Phi) is 5.07. The summed E-state index contributed by atoms with van der Waals surface area (Å²) in [4.78, 5) is 14.8. The van der Waals surface area contributed by atoms with E-state index in [2.05, 4.69) is 53.9 Å². The lowest BCUT2D eigenvalue weighted by atomic mass is 9.53. The van der Waals surface area contributed by atoms with Crippen LogP contribution in [0.3, 0.4) is 0 Å². The van der Waals surface area contributed by atoms with Crippen molar-refractivity contribution in [2.75, 3.05) is 27.2 Å². The molecule has 1 unspecified atom stereocenters. The molecule has 142 valence electrons. The smallest absolute Gasteiger partial charge is 0.234 e. The van der Waals surface area contributed by atoms with Crippen molar-refractivity contribution in [1.29, 1.82) is 0 Å². The highest BCUT2D eigenvalue weighted by atomic mass is 16.2. The predicted octanol–water partition coefficient (Wildman–Crippen LogP) is 2.96. The van der Waals surface area contributed by atoms with Crippen LogP contribution in [0.25, 0.3) is 0 Å². The zero-order chi connectivity index (χ0) is 18.1. The van der Waals surface area contributed by atoms with Gasteiger partial charge in [0.25, 0.3) is 0 Å². The molecule has 4 aliphatic carbocycles. The fourth-order valence-corrected chi connectivity index (χ4v) is 6.20. The summed E-state index contributed by atoms with van der Waals surface area (Å²) in [6.45, 7) is 1.20. The summed E-state index contributed by atoms with van der Waals surface area (Å²) in [6.07, 6.45) is 7.89. The molecule has 2 N–H and O–H groups in total. The van der Waals surface area contributed by atoms with Gasteiger partial charge in [-0.05, 0) is 75.9 Å². The number of hydrogen-bond acceptors (Lipinski definition) is 3. The van der Waals surface area contributed by atoms with Gasteiger partial charge in [-0.3, -0.25) is 4.79 Å². The highest BCUT2D eigenvalue weighted by Crippen LogP contribution is 2.55. The maximum atomic E-state index is 12.6. The Labute approximate surface area is 157 Å². The van der Waals surface area contributed by atoms with Crippen molar-refractivity contribution in [1.82, 2.24) is 15.5 Å². The van der Waals surface area contributed by atoms with E-state index in [1.165, 1.54) is 44.1 Å². The van der Waals surface area contributed by atoms with Crippen LogP contribution in [0.15, 0.2) is 30.3 Å². The van der Waals surface area contributed by atoms with Crippen LogP contribution in [0.4, 0.5) is 0 Å². The summed E-state index contributed by atoms with van der Waals surface area (Å²) in [5, 5.41) is 6.85. The molecule has 4 heteroatoms. The van der Waals surface area contributed by atoms with E-state index < -0.39 is 0 Å². The van der Waals surface area contributed by atoms with Crippen molar-refractivity contribution >= 4 is 5.91 Å². The molecule has 0 saturated heterocycles. The average Bonchev–Trinajstić information content (AvgIpc) is 2.57. The number of hydrogen-bond donors (Lipinski definition) is 2. The molecule has 4 saturated carbocycles. The first kappa shape index (κ1) is 18.0. The zero-order valence-corrected chi connectivity index (χ0v) is 16.2. The van der Waals surface area contributed by atoms with Crippen molar-refractivity contribution in [3.8, 4) is 0 Å². The summed E-state index contributed by atoms with van der Waals surface area (Å²) in [6, 6.07) is 10.8. The van der Waals surface area contributed by atoms with E-state index in [1.807, 2.05) is 6.07 Å². The fraction of sp³-hybridized carbons (Fsp3) is 0.682. The number of carbonyl (C=O) groups excluding carboxylic acids is 1. The van der Waals surface area contributed by atoms with Gasteiger partial charge in [0.2, 0.25) is 5.91 Å². The van der Waals surface area contributed by atoms with Crippen molar-refractivity contribution in [2.45, 2.75) is 50.1 Å². The minimum absolute atomic E-state index is 0.119. The Morgan fingerprint density at radius 1 is 1.08 bits per heavy atom. The largest absolute Gasteiger partial charge is 0.350 e. The number of nitrogens with zero attached hydrogens (tertiary/aromatic N) is 1. The number of likely N-dealkylation sites (N-methyl/N-ethyl adjacent to an activating group) is 1. The van der Waals surface area contributed by atoms with Crippen molar-refractivity contribution in [2.24, 2.45) is 17.8 Å². The molecule has 5 rings (SSSR count). The lowest BCUT2D eigenvalue weighted by Crippen LogP contribution is -2.60. The number of amides is 1. The third kappa shape index (κ3) is 3.81. The molecule has 1 aromatic carbocycles. The first-order valence-electron chi connectivity index (χ1n) is 10.3. The van der Waals surface area contributed by atoms with Crippen LogP contribution in [0, 0.1) is 17.8 Å². The molecular formula is C22H33N3O. The Morgan fingerprint density at radius 3 is 2.19 bits per heavy atom. The molecular weight excluding hydrogens is 322 g/mol. The van der Waals surface area contributed by atoms with Crippen LogP contribution in [0.5, 0.6) is 0 Å². The topological polar surface area (TPSA) is 44.4 Å². The Hall–Kier alpha value is -1.39. The fourth-order valence-electron chi connectivity index (χ4n) is 6.20.